The molecule has 1 atom stereocenters. The van der Waals surface area contributed by atoms with Crippen LogP contribution in [0, 0.1) is 0 Å². The molecule has 3 rings (SSSR count). The molecule has 1 unspecified atom stereocenters. The van der Waals surface area contributed by atoms with Gasteiger partial charge >= 0.3 is 0 Å². The van der Waals surface area contributed by atoms with Crippen molar-refractivity contribution in [1.29, 1.82) is 0 Å². The van der Waals surface area contributed by atoms with E-state index in [0.29, 0.717) is 5.82 Å². The molecule has 1 amide bonds. The molecule has 1 saturated carbocycles. The number of hydrogen-bond donors (Lipinski definition) is 1. The third kappa shape index (κ3) is 4.22. The molecule has 0 saturated heterocycles. The second-order valence-corrected chi connectivity index (χ2v) is 7.08. The van der Waals surface area contributed by atoms with E-state index in [-0.39, 0.29) is 23.5 Å². The van der Waals surface area contributed by atoms with Crippen LogP contribution in [0.4, 0.5) is 0 Å². The van der Waals surface area contributed by atoms with Gasteiger partial charge in [-0.1, -0.05) is 31.0 Å². The quantitative estimate of drug-likeness (QED) is 0.851. The largest absolute Gasteiger partial charge is 0.353 e. The minimum absolute atomic E-state index is 0.0157. The molecule has 2 aromatic rings. The van der Waals surface area contributed by atoms with E-state index in [1.807, 2.05) is 30.3 Å². The lowest BCUT2D eigenvalue weighted by Crippen LogP contribution is -2.36. The zero-order valence-corrected chi connectivity index (χ0v) is 13.5. The van der Waals surface area contributed by atoms with E-state index in [4.69, 9.17) is 0 Å². The third-order valence-corrected chi connectivity index (χ3v) is 5.00. The summed E-state index contributed by atoms with van der Waals surface area (Å²) in [5.41, 5.74) is 0.805. The summed E-state index contributed by atoms with van der Waals surface area (Å²) in [5, 5.41) is 14.4. The number of aromatic nitrogens is 4. The van der Waals surface area contributed by atoms with E-state index in [1.165, 1.54) is 0 Å². The van der Waals surface area contributed by atoms with Crippen LogP contribution in [0.3, 0.4) is 0 Å². The number of rotatable bonds is 6. The van der Waals surface area contributed by atoms with Crippen molar-refractivity contribution in [1.82, 2.24) is 25.5 Å². The van der Waals surface area contributed by atoms with Crippen LogP contribution >= 0.6 is 0 Å². The predicted molar refractivity (Wildman–Crippen MR) is 86.3 cm³/mol. The fraction of sp³-hybridized carbons (Fsp3) is 0.467. The van der Waals surface area contributed by atoms with Crippen LogP contribution in [0.1, 0.15) is 31.5 Å². The minimum Gasteiger partial charge on any atom is -0.353 e. The molecule has 1 aliphatic carbocycles. The predicted octanol–water partition coefficient (Wildman–Crippen LogP) is 0.970. The first-order chi connectivity index (χ1) is 11.2. The molecule has 1 aliphatic rings. The molecule has 0 aliphatic heterocycles. The molecule has 1 N–H and O–H groups in total. The normalized spacial score (nSPS) is 16.3. The minimum atomic E-state index is -1.34. The van der Waals surface area contributed by atoms with Crippen LogP contribution in [0.25, 0.3) is 5.69 Å². The highest BCUT2D eigenvalue weighted by molar-refractivity contribution is 7.84. The summed E-state index contributed by atoms with van der Waals surface area (Å²) in [6.07, 6.45) is 4.34. The lowest BCUT2D eigenvalue weighted by atomic mass is 10.2. The van der Waals surface area contributed by atoms with Gasteiger partial charge in [-0.25, -0.2) is 0 Å². The summed E-state index contributed by atoms with van der Waals surface area (Å²) in [6, 6.07) is 9.65. The summed E-state index contributed by atoms with van der Waals surface area (Å²) in [6.45, 7) is 0. The van der Waals surface area contributed by atoms with Gasteiger partial charge in [-0.2, -0.15) is 4.68 Å². The Hall–Kier alpha value is -2.09. The number of benzene rings is 1. The Labute approximate surface area is 136 Å². The van der Waals surface area contributed by atoms with Gasteiger partial charge in [0.2, 0.25) is 5.91 Å². The summed E-state index contributed by atoms with van der Waals surface area (Å²) in [7, 11) is -1.34. The number of tetrazole rings is 1. The first-order valence-electron chi connectivity index (χ1n) is 7.69. The second-order valence-electron chi connectivity index (χ2n) is 5.62. The van der Waals surface area contributed by atoms with Gasteiger partial charge in [-0.05, 0) is 35.4 Å². The highest BCUT2D eigenvalue weighted by Gasteiger charge is 2.19. The van der Waals surface area contributed by atoms with Crippen LogP contribution in [0.5, 0.6) is 0 Å². The summed E-state index contributed by atoms with van der Waals surface area (Å²) in [4.78, 5) is 11.9. The van der Waals surface area contributed by atoms with Gasteiger partial charge in [0.1, 0.15) is 5.75 Å². The van der Waals surface area contributed by atoms with Crippen molar-refractivity contribution in [2.75, 3.05) is 5.75 Å². The van der Waals surface area contributed by atoms with E-state index in [0.717, 1.165) is 31.4 Å². The zero-order chi connectivity index (χ0) is 16.1. The molecule has 0 bridgehead atoms. The van der Waals surface area contributed by atoms with Crippen LogP contribution < -0.4 is 5.32 Å². The molecular weight excluding hydrogens is 314 g/mol. The monoisotopic (exact) mass is 333 g/mol. The maximum absolute atomic E-state index is 12.2. The van der Waals surface area contributed by atoms with Gasteiger partial charge in [-0.3, -0.25) is 9.00 Å². The maximum atomic E-state index is 12.2. The Kier molecular flexibility index (Phi) is 5.12. The number of hydrogen-bond acceptors (Lipinski definition) is 5. The highest BCUT2D eigenvalue weighted by Crippen LogP contribution is 2.17. The lowest BCUT2D eigenvalue weighted by molar-refractivity contribution is -0.119. The molecule has 122 valence electrons. The van der Waals surface area contributed by atoms with E-state index in [9.17, 15) is 9.00 Å². The number of nitrogens with one attached hydrogen (secondary N) is 1. The van der Waals surface area contributed by atoms with E-state index < -0.39 is 10.8 Å². The molecule has 1 fully saturated rings. The average molecular weight is 333 g/mol. The Morgan fingerprint density at radius 2 is 2.00 bits per heavy atom. The standard InChI is InChI=1S/C15H19N5O2S/c21-15(16-12-6-4-5-7-12)11-23(22)10-14-17-18-19-20(14)13-8-2-1-3-9-13/h1-3,8-9,12H,4-7,10-11H2,(H,16,21). The summed E-state index contributed by atoms with van der Waals surface area (Å²) < 4.78 is 13.8. The molecule has 0 spiro atoms. The maximum Gasteiger partial charge on any atom is 0.232 e. The first kappa shape index (κ1) is 15.8. The van der Waals surface area contributed by atoms with Crippen molar-refractivity contribution in [3.8, 4) is 5.69 Å². The molecule has 1 heterocycles. The Morgan fingerprint density at radius 1 is 1.26 bits per heavy atom. The fourth-order valence-corrected chi connectivity index (χ4v) is 3.69. The smallest absolute Gasteiger partial charge is 0.232 e. The van der Waals surface area contributed by atoms with Gasteiger partial charge in [0, 0.05) is 16.8 Å². The number of amides is 1. The molecular formula is C15H19N5O2S. The van der Waals surface area contributed by atoms with E-state index >= 15 is 0 Å². The van der Waals surface area contributed by atoms with Crippen LogP contribution in [-0.2, 0) is 21.3 Å². The fourth-order valence-electron chi connectivity index (χ4n) is 2.75. The number of nitrogens with zero attached hydrogens (tertiary/aromatic N) is 4. The Balaban J connectivity index is 1.58. The van der Waals surface area contributed by atoms with Crippen molar-refractivity contribution in [2.45, 2.75) is 37.5 Å². The van der Waals surface area contributed by atoms with Crippen molar-refractivity contribution in [3.63, 3.8) is 0 Å². The summed E-state index contributed by atoms with van der Waals surface area (Å²) in [5.74, 6) is 0.468. The van der Waals surface area contributed by atoms with Crippen molar-refractivity contribution in [2.24, 2.45) is 0 Å². The van der Waals surface area contributed by atoms with Crippen molar-refractivity contribution in [3.05, 3.63) is 36.2 Å². The van der Waals surface area contributed by atoms with Crippen LogP contribution in [0.2, 0.25) is 0 Å². The highest BCUT2D eigenvalue weighted by atomic mass is 32.2. The lowest BCUT2D eigenvalue weighted by Gasteiger charge is -2.11. The SMILES string of the molecule is O=C(CS(=O)Cc1nnnn1-c1ccccc1)NC1CCCC1. The molecule has 7 nitrogen and oxygen atoms in total. The zero-order valence-electron chi connectivity index (χ0n) is 12.7. The number of para-hydroxylation sites is 1. The Morgan fingerprint density at radius 3 is 2.74 bits per heavy atom. The molecule has 0 radical (unpaired) electrons. The van der Waals surface area contributed by atoms with E-state index in [2.05, 4.69) is 20.8 Å². The van der Waals surface area contributed by atoms with Gasteiger partial charge in [0.15, 0.2) is 5.82 Å². The third-order valence-electron chi connectivity index (χ3n) is 3.84. The van der Waals surface area contributed by atoms with Crippen LogP contribution in [-0.4, -0.2) is 42.1 Å². The topological polar surface area (TPSA) is 89.8 Å². The summed E-state index contributed by atoms with van der Waals surface area (Å²) >= 11 is 0. The first-order valence-corrected chi connectivity index (χ1v) is 9.18. The number of carbonyl (C=O) groups excluding carboxylic acids is 1. The molecule has 1 aromatic carbocycles. The van der Waals surface area contributed by atoms with Gasteiger partial charge in [0.25, 0.3) is 0 Å². The molecule has 8 heteroatoms. The van der Waals surface area contributed by atoms with Crippen molar-refractivity contribution >= 4 is 16.7 Å². The van der Waals surface area contributed by atoms with Gasteiger partial charge in [0.05, 0.1) is 11.4 Å². The number of carbonyl (C=O) groups is 1. The second kappa shape index (κ2) is 7.45. The van der Waals surface area contributed by atoms with Gasteiger partial charge < -0.3 is 5.32 Å². The van der Waals surface area contributed by atoms with Crippen LogP contribution in [0.15, 0.2) is 30.3 Å². The Bertz CT molecular complexity index is 682. The van der Waals surface area contributed by atoms with E-state index in [1.54, 1.807) is 4.68 Å². The van der Waals surface area contributed by atoms with Gasteiger partial charge in [-0.15, -0.1) is 5.10 Å². The molecule has 1 aromatic heterocycles. The average Bonchev–Trinajstić information content (AvgIpc) is 3.19. The van der Waals surface area contributed by atoms with Crippen molar-refractivity contribution < 1.29 is 9.00 Å². The molecule has 23 heavy (non-hydrogen) atoms.